The monoisotopic (exact) mass is 256 g/mol. The molecule has 95 valence electrons. The van der Waals surface area contributed by atoms with E-state index in [4.69, 9.17) is 0 Å². The minimum atomic E-state index is 1.16. The Hall–Kier alpha value is -2.48. The topological polar surface area (TPSA) is 3.24 Å². The van der Waals surface area contributed by atoms with Crippen molar-refractivity contribution in [3.8, 4) is 0 Å². The fourth-order valence-corrected chi connectivity index (χ4v) is 2.16. The smallest absolute Gasteiger partial charge is 0.290 e. The van der Waals surface area contributed by atoms with Crippen molar-refractivity contribution in [2.24, 2.45) is 0 Å². The second kappa shape index (κ2) is 6.11. The normalized spacial score (nSPS) is 10.0. The van der Waals surface area contributed by atoms with Gasteiger partial charge in [0, 0.05) is 11.4 Å². The van der Waals surface area contributed by atoms with Crippen molar-refractivity contribution in [3.05, 3.63) is 91.0 Å². The molecule has 0 fully saturated rings. The highest BCUT2D eigenvalue weighted by Gasteiger charge is 2.11. The Labute approximate surface area is 120 Å². The van der Waals surface area contributed by atoms with Crippen LogP contribution in [0.1, 0.15) is 0 Å². The van der Waals surface area contributed by atoms with E-state index in [-0.39, 0.29) is 0 Å². The standard InChI is InChI=1S/C18H15BN/c1-4-10-16(11-5-1)19-20(17-12-6-2-7-13-17)18-14-8-3-9-15-18/h1-15H. The van der Waals surface area contributed by atoms with Crippen molar-refractivity contribution >= 4 is 24.3 Å². The maximum atomic E-state index is 2.20. The summed E-state index contributed by atoms with van der Waals surface area (Å²) in [6, 6.07) is 31.1. The summed E-state index contributed by atoms with van der Waals surface area (Å²) < 4.78 is 0. The molecule has 0 spiro atoms. The van der Waals surface area contributed by atoms with Gasteiger partial charge in [-0.25, -0.2) is 0 Å². The minimum absolute atomic E-state index is 1.16. The third-order valence-corrected chi connectivity index (χ3v) is 3.15. The number of nitrogens with zero attached hydrogens (tertiary/aromatic N) is 1. The Kier molecular flexibility index (Phi) is 3.84. The molecule has 0 heterocycles. The number of hydrogen-bond acceptors (Lipinski definition) is 1. The van der Waals surface area contributed by atoms with E-state index < -0.39 is 0 Å². The first-order valence-corrected chi connectivity index (χ1v) is 6.73. The quantitative estimate of drug-likeness (QED) is 0.642. The molecule has 0 atom stereocenters. The summed E-state index contributed by atoms with van der Waals surface area (Å²) in [6.45, 7) is 0. The molecule has 3 aromatic rings. The highest BCUT2D eigenvalue weighted by atomic mass is 15.1. The number of para-hydroxylation sites is 2. The summed E-state index contributed by atoms with van der Waals surface area (Å²) in [6.07, 6.45) is 0. The molecule has 2 heteroatoms. The average Bonchev–Trinajstić information content (AvgIpc) is 2.55. The summed E-state index contributed by atoms with van der Waals surface area (Å²) in [5.74, 6) is 0. The molecule has 20 heavy (non-hydrogen) atoms. The van der Waals surface area contributed by atoms with E-state index in [9.17, 15) is 0 Å². The minimum Gasteiger partial charge on any atom is -0.386 e. The van der Waals surface area contributed by atoms with Gasteiger partial charge in [-0.05, 0) is 24.3 Å². The Morgan fingerprint density at radius 3 is 1.35 bits per heavy atom. The van der Waals surface area contributed by atoms with Gasteiger partial charge in [0.15, 0.2) is 0 Å². The summed E-state index contributed by atoms with van der Waals surface area (Å²) in [5, 5.41) is 0. The first kappa shape index (κ1) is 12.6. The van der Waals surface area contributed by atoms with Gasteiger partial charge in [-0.1, -0.05) is 72.2 Å². The highest BCUT2D eigenvalue weighted by Crippen LogP contribution is 2.23. The van der Waals surface area contributed by atoms with Crippen LogP contribution in [-0.4, -0.2) is 7.41 Å². The van der Waals surface area contributed by atoms with Crippen LogP contribution in [0.4, 0.5) is 11.4 Å². The molecule has 3 aromatic carbocycles. The molecule has 0 aliphatic heterocycles. The lowest BCUT2D eigenvalue weighted by molar-refractivity contribution is 1.40. The van der Waals surface area contributed by atoms with E-state index >= 15 is 0 Å². The molecule has 0 amide bonds. The number of hydrogen-bond donors (Lipinski definition) is 0. The third-order valence-electron chi connectivity index (χ3n) is 3.15. The van der Waals surface area contributed by atoms with E-state index in [2.05, 4.69) is 85.0 Å². The fourth-order valence-electron chi connectivity index (χ4n) is 2.16. The first-order chi connectivity index (χ1) is 9.93. The van der Waals surface area contributed by atoms with Crippen molar-refractivity contribution in [2.75, 3.05) is 4.81 Å². The molecule has 0 aliphatic rings. The largest absolute Gasteiger partial charge is 0.386 e. The lowest BCUT2D eigenvalue weighted by Crippen LogP contribution is -2.32. The molecule has 1 radical (unpaired) electrons. The molecular weight excluding hydrogens is 241 g/mol. The Balaban J connectivity index is 1.96. The maximum absolute atomic E-state index is 2.20. The molecule has 0 unspecified atom stereocenters. The molecule has 0 N–H and O–H groups in total. The summed E-state index contributed by atoms with van der Waals surface area (Å²) in [4.78, 5) is 2.20. The summed E-state index contributed by atoms with van der Waals surface area (Å²) >= 11 is 0. The zero-order valence-electron chi connectivity index (χ0n) is 11.2. The first-order valence-electron chi connectivity index (χ1n) is 6.73. The van der Waals surface area contributed by atoms with E-state index in [1.54, 1.807) is 0 Å². The van der Waals surface area contributed by atoms with Gasteiger partial charge in [0.25, 0.3) is 7.41 Å². The van der Waals surface area contributed by atoms with Crippen molar-refractivity contribution < 1.29 is 0 Å². The molecule has 1 nitrogen and oxygen atoms in total. The van der Waals surface area contributed by atoms with Crippen LogP contribution in [0.25, 0.3) is 0 Å². The number of rotatable bonds is 4. The highest BCUT2D eigenvalue weighted by molar-refractivity contribution is 6.59. The SMILES string of the molecule is [B](c1ccccc1)N(c1ccccc1)c1ccccc1. The molecular formula is C18H15BN. The Bertz CT molecular complexity index is 599. The van der Waals surface area contributed by atoms with Crippen LogP contribution in [0.3, 0.4) is 0 Å². The van der Waals surface area contributed by atoms with Crippen molar-refractivity contribution in [3.63, 3.8) is 0 Å². The van der Waals surface area contributed by atoms with Crippen LogP contribution in [0.5, 0.6) is 0 Å². The number of benzene rings is 3. The van der Waals surface area contributed by atoms with Crippen LogP contribution in [0.2, 0.25) is 0 Å². The second-order valence-electron chi connectivity index (χ2n) is 4.58. The zero-order valence-corrected chi connectivity index (χ0v) is 11.2. The van der Waals surface area contributed by atoms with Gasteiger partial charge >= 0.3 is 0 Å². The average molecular weight is 256 g/mol. The fraction of sp³-hybridized carbons (Fsp3) is 0. The van der Waals surface area contributed by atoms with Crippen LogP contribution in [-0.2, 0) is 0 Å². The molecule has 0 aliphatic carbocycles. The van der Waals surface area contributed by atoms with Gasteiger partial charge in [0.05, 0.1) is 0 Å². The van der Waals surface area contributed by atoms with Crippen molar-refractivity contribution in [1.82, 2.24) is 0 Å². The van der Waals surface area contributed by atoms with E-state index in [1.165, 1.54) is 5.46 Å². The van der Waals surface area contributed by atoms with Crippen molar-refractivity contribution in [1.29, 1.82) is 0 Å². The summed E-state index contributed by atoms with van der Waals surface area (Å²) in [5.41, 5.74) is 3.49. The van der Waals surface area contributed by atoms with Gasteiger partial charge in [-0.15, -0.1) is 0 Å². The second-order valence-corrected chi connectivity index (χ2v) is 4.58. The lowest BCUT2D eigenvalue weighted by Gasteiger charge is -2.24. The molecule has 0 bridgehead atoms. The van der Waals surface area contributed by atoms with Gasteiger partial charge in [0.2, 0.25) is 0 Å². The van der Waals surface area contributed by atoms with Crippen molar-refractivity contribution in [2.45, 2.75) is 0 Å². The maximum Gasteiger partial charge on any atom is 0.290 e. The van der Waals surface area contributed by atoms with Crippen LogP contribution < -0.4 is 10.3 Å². The summed E-state index contributed by atoms with van der Waals surface area (Å²) in [7, 11) is 2.16. The Morgan fingerprint density at radius 1 is 0.500 bits per heavy atom. The van der Waals surface area contributed by atoms with Gasteiger partial charge in [-0.2, -0.15) is 0 Å². The third kappa shape index (κ3) is 2.91. The molecule has 3 rings (SSSR count). The van der Waals surface area contributed by atoms with E-state index in [0.717, 1.165) is 11.4 Å². The van der Waals surface area contributed by atoms with Crippen LogP contribution in [0, 0.1) is 0 Å². The van der Waals surface area contributed by atoms with E-state index in [0.29, 0.717) is 0 Å². The lowest BCUT2D eigenvalue weighted by atomic mass is 9.79. The van der Waals surface area contributed by atoms with E-state index in [1.807, 2.05) is 18.2 Å². The van der Waals surface area contributed by atoms with Gasteiger partial charge in [0.1, 0.15) is 0 Å². The predicted octanol–water partition coefficient (Wildman–Crippen LogP) is 3.77. The number of anilines is 2. The molecule has 0 saturated heterocycles. The molecule has 0 aromatic heterocycles. The van der Waals surface area contributed by atoms with Gasteiger partial charge in [-0.3, -0.25) is 0 Å². The van der Waals surface area contributed by atoms with Crippen LogP contribution in [0.15, 0.2) is 91.0 Å². The molecule has 0 saturated carbocycles. The van der Waals surface area contributed by atoms with Crippen LogP contribution >= 0.6 is 0 Å². The zero-order chi connectivity index (χ0) is 13.6. The predicted molar refractivity (Wildman–Crippen MR) is 86.9 cm³/mol. The van der Waals surface area contributed by atoms with Gasteiger partial charge < -0.3 is 4.81 Å². The Morgan fingerprint density at radius 2 is 0.900 bits per heavy atom.